The van der Waals surface area contributed by atoms with E-state index >= 15 is 0 Å². The van der Waals surface area contributed by atoms with Crippen LogP contribution >= 0.6 is 0 Å². The van der Waals surface area contributed by atoms with Gasteiger partial charge in [0.25, 0.3) is 0 Å². The van der Waals surface area contributed by atoms with Crippen LogP contribution in [-0.4, -0.2) is 28.8 Å². The number of urea groups is 2. The van der Waals surface area contributed by atoms with E-state index in [1.165, 1.54) is 0 Å². The summed E-state index contributed by atoms with van der Waals surface area (Å²) in [6.07, 6.45) is 0. The molecule has 7 nitrogen and oxygen atoms in total. The maximum Gasteiger partial charge on any atom is 0.339 e. The molecule has 3 N–H and O–H groups in total. The third-order valence-electron chi connectivity index (χ3n) is 1.04. The number of amides is 6. The number of carbonyl (C=O) groups excluding carboxylic acids is 4. The lowest BCUT2D eigenvalue weighted by atomic mass is 10.6. The molecule has 7 heteroatoms. The molecule has 11 heavy (non-hydrogen) atoms. The lowest BCUT2D eigenvalue weighted by Gasteiger charge is -2.02. The second-order valence-electron chi connectivity index (χ2n) is 1.74. The normalized spacial score (nSPS) is 17.1. The van der Waals surface area contributed by atoms with Gasteiger partial charge in [-0.1, -0.05) is 0 Å². The maximum absolute atomic E-state index is 10.5. The summed E-state index contributed by atoms with van der Waals surface area (Å²) in [4.78, 5) is 41.7. The van der Waals surface area contributed by atoms with Crippen LogP contribution in [0.4, 0.5) is 9.59 Å². The molecule has 1 rings (SSSR count). The zero-order chi connectivity index (χ0) is 8.59. The lowest BCUT2D eigenvalue weighted by molar-refractivity contribution is -0.138. The highest BCUT2D eigenvalue weighted by molar-refractivity contribution is 6.48. The smallest absolute Gasteiger partial charge is 0.339 e. The average molecular weight is 157 g/mol. The summed E-state index contributed by atoms with van der Waals surface area (Å²) in [5.41, 5.74) is 4.59. The molecule has 0 radical (unpaired) electrons. The van der Waals surface area contributed by atoms with E-state index in [0.29, 0.717) is 0 Å². The summed E-state index contributed by atoms with van der Waals surface area (Å²) < 4.78 is 0. The van der Waals surface area contributed by atoms with Crippen molar-refractivity contribution in [1.29, 1.82) is 0 Å². The minimum Gasteiger partial charge on any atom is -0.351 e. The molecular weight excluding hydrogens is 154 g/mol. The van der Waals surface area contributed by atoms with Gasteiger partial charge in [-0.15, -0.1) is 0 Å². The second kappa shape index (κ2) is 2.04. The van der Waals surface area contributed by atoms with Crippen molar-refractivity contribution >= 4 is 23.9 Å². The summed E-state index contributed by atoms with van der Waals surface area (Å²) in [5.74, 6) is -2.39. The number of hydrogen-bond donors (Lipinski definition) is 2. The van der Waals surface area contributed by atoms with Gasteiger partial charge in [0.2, 0.25) is 0 Å². The van der Waals surface area contributed by atoms with Gasteiger partial charge in [0.1, 0.15) is 0 Å². The Bertz CT molecular complexity index is 271. The Morgan fingerprint density at radius 1 is 1.36 bits per heavy atom. The SMILES string of the molecule is NC(=O)N1C(=O)NC(=O)C1=O. The van der Waals surface area contributed by atoms with Crippen LogP contribution in [0.25, 0.3) is 0 Å². The number of rotatable bonds is 0. The van der Waals surface area contributed by atoms with Crippen molar-refractivity contribution in [2.75, 3.05) is 0 Å². The Morgan fingerprint density at radius 2 is 1.91 bits per heavy atom. The van der Waals surface area contributed by atoms with Crippen molar-refractivity contribution in [2.24, 2.45) is 5.73 Å². The first-order valence-corrected chi connectivity index (χ1v) is 2.53. The van der Waals surface area contributed by atoms with Crippen molar-refractivity contribution in [1.82, 2.24) is 10.2 Å². The predicted molar refractivity (Wildman–Crippen MR) is 30.0 cm³/mol. The quantitative estimate of drug-likeness (QED) is 0.317. The van der Waals surface area contributed by atoms with Crippen LogP contribution < -0.4 is 11.1 Å². The molecule has 1 saturated heterocycles. The van der Waals surface area contributed by atoms with Crippen LogP contribution in [0.2, 0.25) is 0 Å². The van der Waals surface area contributed by atoms with Crippen molar-refractivity contribution in [3.8, 4) is 0 Å². The maximum atomic E-state index is 10.5. The fourth-order valence-electron chi connectivity index (χ4n) is 0.600. The van der Waals surface area contributed by atoms with E-state index < -0.39 is 23.9 Å². The number of primary amides is 1. The molecule has 0 aromatic rings. The Kier molecular flexibility index (Phi) is 1.34. The van der Waals surface area contributed by atoms with Crippen LogP contribution in [0.3, 0.4) is 0 Å². The van der Waals surface area contributed by atoms with E-state index in [1.54, 1.807) is 5.32 Å². The largest absolute Gasteiger partial charge is 0.351 e. The van der Waals surface area contributed by atoms with Gasteiger partial charge < -0.3 is 5.73 Å². The Labute approximate surface area is 60.1 Å². The van der Waals surface area contributed by atoms with Gasteiger partial charge in [-0.25, -0.2) is 9.59 Å². The van der Waals surface area contributed by atoms with E-state index in [-0.39, 0.29) is 4.90 Å². The van der Waals surface area contributed by atoms with Crippen molar-refractivity contribution < 1.29 is 19.2 Å². The van der Waals surface area contributed by atoms with E-state index in [2.05, 4.69) is 5.73 Å². The number of nitrogens with two attached hydrogens (primary N) is 1. The topological polar surface area (TPSA) is 110 Å². The van der Waals surface area contributed by atoms with Crippen LogP contribution in [0, 0.1) is 0 Å². The standard InChI is InChI=1S/C4H3N3O4/c5-3(10)7-2(9)1(8)6-4(7)11/h(H2,5,10)(H,6,8,11). The summed E-state index contributed by atoms with van der Waals surface area (Å²) >= 11 is 0. The van der Waals surface area contributed by atoms with Crippen molar-refractivity contribution in [3.05, 3.63) is 0 Å². The number of nitrogens with zero attached hydrogens (tertiary/aromatic N) is 1. The lowest BCUT2D eigenvalue weighted by Crippen LogP contribution is -2.40. The molecule has 0 unspecified atom stereocenters. The predicted octanol–water partition coefficient (Wildman–Crippen LogP) is -1.86. The average Bonchev–Trinajstić information content (AvgIpc) is 2.07. The van der Waals surface area contributed by atoms with E-state index in [9.17, 15) is 19.2 Å². The Hall–Kier alpha value is -1.92. The molecule has 0 aliphatic carbocycles. The van der Waals surface area contributed by atoms with Crippen LogP contribution in [0.15, 0.2) is 0 Å². The minimum atomic E-state index is -1.27. The summed E-state index contributed by atoms with van der Waals surface area (Å²) in [5, 5.41) is 1.60. The van der Waals surface area contributed by atoms with Crippen LogP contribution in [0.1, 0.15) is 0 Å². The zero-order valence-corrected chi connectivity index (χ0v) is 5.16. The molecule has 0 aromatic heterocycles. The Morgan fingerprint density at radius 3 is 2.09 bits per heavy atom. The highest BCUT2D eigenvalue weighted by atomic mass is 16.2. The summed E-state index contributed by atoms with van der Waals surface area (Å²) in [6.45, 7) is 0. The third-order valence-corrected chi connectivity index (χ3v) is 1.04. The third kappa shape index (κ3) is 0.914. The van der Waals surface area contributed by atoms with Crippen molar-refractivity contribution in [2.45, 2.75) is 0 Å². The number of imide groups is 4. The van der Waals surface area contributed by atoms with E-state index in [4.69, 9.17) is 0 Å². The minimum absolute atomic E-state index is 0.0301. The number of hydrogen-bond acceptors (Lipinski definition) is 4. The molecule has 58 valence electrons. The first-order valence-electron chi connectivity index (χ1n) is 2.53. The highest BCUT2D eigenvalue weighted by Crippen LogP contribution is 1.98. The van der Waals surface area contributed by atoms with Gasteiger partial charge in [-0.2, -0.15) is 4.90 Å². The van der Waals surface area contributed by atoms with Gasteiger partial charge in [0, 0.05) is 0 Å². The van der Waals surface area contributed by atoms with Gasteiger partial charge in [-0.05, 0) is 0 Å². The Balaban J connectivity index is 2.98. The molecule has 0 atom stereocenters. The van der Waals surface area contributed by atoms with Gasteiger partial charge >= 0.3 is 23.9 Å². The zero-order valence-electron chi connectivity index (χ0n) is 5.16. The first kappa shape index (κ1) is 7.19. The molecule has 1 heterocycles. The number of carbonyl (C=O) groups is 4. The monoisotopic (exact) mass is 157 g/mol. The molecule has 1 fully saturated rings. The fourth-order valence-corrected chi connectivity index (χ4v) is 0.600. The number of nitrogens with one attached hydrogen (secondary N) is 1. The van der Waals surface area contributed by atoms with Gasteiger partial charge in [0.15, 0.2) is 0 Å². The molecule has 0 saturated carbocycles. The summed E-state index contributed by atoms with van der Waals surface area (Å²) in [7, 11) is 0. The second-order valence-corrected chi connectivity index (χ2v) is 1.74. The first-order chi connectivity index (χ1) is 5.04. The molecule has 1 aliphatic rings. The molecule has 6 amide bonds. The molecule has 0 spiro atoms. The molecule has 0 aromatic carbocycles. The summed E-state index contributed by atoms with van der Waals surface area (Å²) in [6, 6.07) is -2.37. The van der Waals surface area contributed by atoms with Crippen LogP contribution in [0.5, 0.6) is 0 Å². The molecular formula is C4H3N3O4. The van der Waals surface area contributed by atoms with Crippen LogP contribution in [-0.2, 0) is 9.59 Å². The highest BCUT2D eigenvalue weighted by Gasteiger charge is 2.40. The van der Waals surface area contributed by atoms with Gasteiger partial charge in [-0.3, -0.25) is 14.9 Å². The fraction of sp³-hybridized carbons (Fsp3) is 0. The van der Waals surface area contributed by atoms with E-state index in [1.807, 2.05) is 0 Å². The molecule has 1 aliphatic heterocycles. The molecule has 0 bridgehead atoms. The van der Waals surface area contributed by atoms with E-state index in [0.717, 1.165) is 0 Å². The van der Waals surface area contributed by atoms with Crippen molar-refractivity contribution in [3.63, 3.8) is 0 Å². The van der Waals surface area contributed by atoms with Gasteiger partial charge in [0.05, 0.1) is 0 Å².